The van der Waals surface area contributed by atoms with Crippen LogP contribution in [0.1, 0.15) is 61.7 Å². The molecule has 3 N–H and O–H groups in total. The molecule has 0 spiro atoms. The van der Waals surface area contributed by atoms with E-state index in [1.807, 2.05) is 0 Å². The highest BCUT2D eigenvalue weighted by atomic mass is 35.5. The van der Waals surface area contributed by atoms with Crippen LogP contribution in [0.15, 0.2) is 46.9 Å². The lowest BCUT2D eigenvalue weighted by atomic mass is 9.91. The van der Waals surface area contributed by atoms with Gasteiger partial charge in [0.15, 0.2) is 5.58 Å². The van der Waals surface area contributed by atoms with Gasteiger partial charge in [-0.3, -0.25) is 14.4 Å². The van der Waals surface area contributed by atoms with Crippen LogP contribution in [0.2, 0.25) is 5.02 Å². The Bertz CT molecular complexity index is 1700. The average Bonchev–Trinajstić information content (AvgIpc) is 3.69. The molecule has 0 aliphatic carbocycles. The normalized spacial score (nSPS) is 20.1. The second-order valence-electron chi connectivity index (χ2n) is 12.4. The lowest BCUT2D eigenvalue weighted by molar-refractivity contribution is -0.140. The van der Waals surface area contributed by atoms with Gasteiger partial charge in [-0.05, 0) is 75.4 Å². The molecule has 0 bridgehead atoms. The monoisotopic (exact) mass is 705 g/mol. The molecule has 2 aliphatic rings. The number of fused-ring (bicyclic) bond motifs is 1. The molecule has 3 aromatic rings. The van der Waals surface area contributed by atoms with E-state index in [4.69, 9.17) is 20.8 Å². The summed E-state index contributed by atoms with van der Waals surface area (Å²) in [6.45, 7) is 3.24. The summed E-state index contributed by atoms with van der Waals surface area (Å²) in [6, 6.07) is 7.91. The SMILES string of the molecule is CC[C@H](NC(=O)C1C[C@@H](OCc2ccc(Cl)cc2F)CN1C(=O)[C@@H](CCC1CCNCC1)NS(C)(=O)=O)C(=O)c1nc2ccccc2o1. The second kappa shape index (κ2) is 15.9. The molecule has 2 saturated heterocycles. The lowest BCUT2D eigenvalue weighted by Crippen LogP contribution is -2.55. The van der Waals surface area contributed by atoms with Crippen LogP contribution >= 0.6 is 11.6 Å². The Balaban J connectivity index is 1.35. The van der Waals surface area contributed by atoms with E-state index in [1.165, 1.54) is 23.1 Å². The third-order valence-electron chi connectivity index (χ3n) is 8.86. The molecule has 2 aliphatic heterocycles. The standard InChI is InChI=1S/C33H41ClFN5O7S/c1-3-25(30(41)32-38-26-6-4-5-7-29(26)47-32)37-31(42)28-17-23(46-19-21-9-10-22(34)16-24(21)35)18-40(28)33(43)27(39-48(2,44)45)11-8-20-12-14-36-15-13-20/h4-7,9-10,16,20,23,25,27-28,36,39H,3,8,11-15,17-19H2,1-2H3,(H,37,42)/t23-,25+,27-,28?/m1/s1. The maximum absolute atomic E-state index is 14.5. The molecule has 12 nitrogen and oxygen atoms in total. The zero-order chi connectivity index (χ0) is 34.4. The lowest BCUT2D eigenvalue weighted by Gasteiger charge is -2.30. The van der Waals surface area contributed by atoms with E-state index in [-0.39, 0.29) is 48.9 Å². The highest BCUT2D eigenvalue weighted by Crippen LogP contribution is 2.27. The molecular formula is C33H41ClFN5O7S. The fraction of sp³-hybridized carbons (Fsp3) is 0.515. The quantitative estimate of drug-likeness (QED) is 0.213. The number of sulfonamides is 1. The minimum absolute atomic E-state index is 0.0418. The number of oxazole rings is 1. The minimum atomic E-state index is -3.79. The number of benzene rings is 2. The van der Waals surface area contributed by atoms with E-state index in [0.717, 1.165) is 32.2 Å². The van der Waals surface area contributed by atoms with Crippen LogP contribution in [0.4, 0.5) is 4.39 Å². The summed E-state index contributed by atoms with van der Waals surface area (Å²) in [7, 11) is -3.79. The minimum Gasteiger partial charge on any atom is -0.434 e. The molecule has 3 heterocycles. The average molecular weight is 706 g/mol. The van der Waals surface area contributed by atoms with E-state index in [1.54, 1.807) is 31.2 Å². The number of nitrogens with zero attached hydrogens (tertiary/aromatic N) is 2. The first-order chi connectivity index (χ1) is 22.9. The van der Waals surface area contributed by atoms with Crippen molar-refractivity contribution >= 4 is 50.3 Å². The molecule has 48 heavy (non-hydrogen) atoms. The van der Waals surface area contributed by atoms with Crippen LogP contribution in [0.25, 0.3) is 11.1 Å². The van der Waals surface area contributed by atoms with Crippen molar-refractivity contribution < 1.29 is 36.3 Å². The number of ether oxygens (including phenoxy) is 1. The van der Waals surface area contributed by atoms with Crippen LogP contribution in [-0.4, -0.2) is 86.0 Å². The zero-order valence-electron chi connectivity index (χ0n) is 26.9. The van der Waals surface area contributed by atoms with Crippen LogP contribution in [-0.2, 0) is 31.0 Å². The van der Waals surface area contributed by atoms with Gasteiger partial charge in [-0.15, -0.1) is 0 Å². The van der Waals surface area contributed by atoms with Crippen LogP contribution < -0.4 is 15.4 Å². The highest BCUT2D eigenvalue weighted by molar-refractivity contribution is 7.88. The van der Waals surface area contributed by atoms with Crippen LogP contribution in [0, 0.1) is 11.7 Å². The number of ketones is 1. The van der Waals surface area contributed by atoms with Gasteiger partial charge in [0.25, 0.3) is 5.89 Å². The number of Topliss-reactive ketones (excluding diaryl/α,β-unsaturated/α-hetero) is 1. The number of carbonyl (C=O) groups excluding carboxylic acids is 3. The summed E-state index contributed by atoms with van der Waals surface area (Å²) in [5.41, 5.74) is 1.18. The first-order valence-corrected chi connectivity index (χ1v) is 18.4. The molecule has 2 fully saturated rings. The van der Waals surface area contributed by atoms with Crippen molar-refractivity contribution in [1.29, 1.82) is 0 Å². The Morgan fingerprint density at radius 1 is 1.17 bits per heavy atom. The van der Waals surface area contributed by atoms with Crippen molar-refractivity contribution in [2.24, 2.45) is 5.92 Å². The Morgan fingerprint density at radius 3 is 2.60 bits per heavy atom. The molecule has 4 atom stereocenters. The Morgan fingerprint density at radius 2 is 1.92 bits per heavy atom. The first-order valence-electron chi connectivity index (χ1n) is 16.2. The van der Waals surface area contributed by atoms with Crippen LogP contribution in [0.3, 0.4) is 0 Å². The number of rotatable bonds is 14. The third-order valence-corrected chi connectivity index (χ3v) is 9.81. The van der Waals surface area contributed by atoms with Crippen molar-refractivity contribution in [3.8, 4) is 0 Å². The highest BCUT2D eigenvalue weighted by Gasteiger charge is 2.44. The summed E-state index contributed by atoms with van der Waals surface area (Å²) in [4.78, 5) is 47.0. The topological polar surface area (TPSA) is 160 Å². The molecule has 5 rings (SSSR count). The maximum Gasteiger partial charge on any atom is 0.266 e. The number of carbonyl (C=O) groups is 3. The largest absolute Gasteiger partial charge is 0.434 e. The summed E-state index contributed by atoms with van der Waals surface area (Å²) < 4.78 is 53.3. The van der Waals surface area contributed by atoms with Gasteiger partial charge in [0.05, 0.1) is 25.0 Å². The number of aromatic nitrogens is 1. The number of halogens is 2. The molecule has 1 unspecified atom stereocenters. The molecule has 260 valence electrons. The predicted octanol–water partition coefficient (Wildman–Crippen LogP) is 3.58. The van der Waals surface area contributed by atoms with Gasteiger partial charge >= 0.3 is 0 Å². The zero-order valence-corrected chi connectivity index (χ0v) is 28.5. The summed E-state index contributed by atoms with van der Waals surface area (Å²) in [5.74, 6) is -2.08. The van der Waals surface area contributed by atoms with Gasteiger partial charge in [0, 0.05) is 23.6 Å². The molecule has 2 aromatic carbocycles. The van der Waals surface area contributed by atoms with E-state index in [2.05, 4.69) is 20.3 Å². The van der Waals surface area contributed by atoms with Crippen molar-refractivity contribution in [1.82, 2.24) is 25.2 Å². The van der Waals surface area contributed by atoms with Crippen LogP contribution in [0.5, 0.6) is 0 Å². The summed E-state index contributed by atoms with van der Waals surface area (Å²) >= 11 is 5.88. The molecule has 0 radical (unpaired) electrons. The van der Waals surface area contributed by atoms with Gasteiger partial charge in [0.1, 0.15) is 23.4 Å². The van der Waals surface area contributed by atoms with Gasteiger partial charge in [-0.1, -0.05) is 36.7 Å². The van der Waals surface area contributed by atoms with E-state index in [0.29, 0.717) is 23.4 Å². The predicted molar refractivity (Wildman–Crippen MR) is 177 cm³/mol. The van der Waals surface area contributed by atoms with E-state index >= 15 is 0 Å². The number of likely N-dealkylation sites (tertiary alicyclic amines) is 1. The maximum atomic E-state index is 14.5. The molecular weight excluding hydrogens is 665 g/mol. The number of para-hydroxylation sites is 2. The summed E-state index contributed by atoms with van der Waals surface area (Å²) in [6.07, 6.45) is 3.26. The third kappa shape index (κ3) is 9.17. The number of hydrogen-bond donors (Lipinski definition) is 3. The molecule has 1 aromatic heterocycles. The number of nitrogens with one attached hydrogen (secondary N) is 3. The molecule has 2 amide bonds. The van der Waals surface area contributed by atoms with Gasteiger partial charge in [-0.25, -0.2) is 22.5 Å². The Kier molecular flexibility index (Phi) is 11.8. The second-order valence-corrected chi connectivity index (χ2v) is 14.7. The van der Waals surface area contributed by atoms with Crippen molar-refractivity contribution in [2.45, 2.75) is 76.3 Å². The Hall–Kier alpha value is -3.43. The number of hydrogen-bond acceptors (Lipinski definition) is 9. The van der Waals surface area contributed by atoms with Crippen molar-refractivity contribution in [2.75, 3.05) is 25.9 Å². The Labute approximate surface area is 284 Å². The van der Waals surface area contributed by atoms with Gasteiger partial charge in [-0.2, -0.15) is 0 Å². The van der Waals surface area contributed by atoms with Gasteiger partial charge in [0.2, 0.25) is 27.6 Å². The first kappa shape index (κ1) is 35.9. The van der Waals surface area contributed by atoms with Gasteiger partial charge < -0.3 is 24.7 Å². The fourth-order valence-corrected chi connectivity index (χ4v) is 7.16. The molecule has 0 saturated carbocycles. The van der Waals surface area contributed by atoms with Crippen molar-refractivity contribution in [3.63, 3.8) is 0 Å². The smallest absolute Gasteiger partial charge is 0.266 e. The fourth-order valence-electron chi connectivity index (χ4n) is 6.27. The molecule has 15 heteroatoms. The van der Waals surface area contributed by atoms with E-state index in [9.17, 15) is 27.2 Å². The van der Waals surface area contributed by atoms with E-state index < -0.39 is 57.7 Å². The number of amides is 2. The number of piperidine rings is 1. The van der Waals surface area contributed by atoms with Crippen molar-refractivity contribution in [3.05, 3.63) is 64.8 Å². The summed E-state index contributed by atoms with van der Waals surface area (Å²) in [5, 5.41) is 6.29.